The number of nitrogens with one attached hydrogen (secondary N) is 2. The smallest absolute Gasteiger partial charge is 0.374 e. The number of furan rings is 1. The molecule has 0 fully saturated rings. The highest BCUT2D eigenvalue weighted by atomic mass is 32.1. The van der Waals surface area contributed by atoms with Crippen LogP contribution in [0.3, 0.4) is 0 Å². The third-order valence-corrected chi connectivity index (χ3v) is 3.96. The number of esters is 1. The summed E-state index contributed by atoms with van der Waals surface area (Å²) in [7, 11) is 0. The molecular weight excluding hydrogens is 304 g/mol. The van der Waals surface area contributed by atoms with E-state index in [9.17, 15) is 9.59 Å². The molecule has 2 aromatic rings. The molecule has 2 heterocycles. The van der Waals surface area contributed by atoms with Gasteiger partial charge >= 0.3 is 12.0 Å². The molecule has 0 unspecified atom stereocenters. The van der Waals surface area contributed by atoms with Crippen LogP contribution in [0, 0.1) is 6.92 Å². The lowest BCUT2D eigenvalue weighted by molar-refractivity contribution is 0.0488. The van der Waals surface area contributed by atoms with Gasteiger partial charge in [-0.2, -0.15) is 0 Å². The molecule has 0 aliphatic carbocycles. The molecule has 2 amide bonds. The maximum atomic E-state index is 11.7. The van der Waals surface area contributed by atoms with Gasteiger partial charge in [-0.15, -0.1) is 11.3 Å². The van der Waals surface area contributed by atoms with Crippen LogP contribution in [0.1, 0.15) is 33.7 Å². The number of hydrogen-bond donors (Lipinski definition) is 2. The van der Waals surface area contributed by atoms with Gasteiger partial charge in [-0.3, -0.25) is 0 Å². The lowest BCUT2D eigenvalue weighted by Crippen LogP contribution is -2.34. The van der Waals surface area contributed by atoms with Gasteiger partial charge in [0.05, 0.1) is 19.7 Å². The van der Waals surface area contributed by atoms with E-state index in [-0.39, 0.29) is 24.9 Å². The number of amides is 2. The Hall–Kier alpha value is -2.28. The topological polar surface area (TPSA) is 80.6 Å². The predicted octanol–water partition coefficient (Wildman–Crippen LogP) is 2.83. The van der Waals surface area contributed by atoms with Crippen molar-refractivity contribution in [3.05, 3.63) is 45.5 Å². The first-order valence-electron chi connectivity index (χ1n) is 6.90. The fraction of sp³-hybridized carbons (Fsp3) is 0.333. The fourth-order valence-corrected chi connectivity index (χ4v) is 2.61. The Morgan fingerprint density at radius 2 is 2.00 bits per heavy atom. The molecule has 2 N–H and O–H groups in total. The van der Waals surface area contributed by atoms with Crippen molar-refractivity contribution in [2.75, 3.05) is 6.61 Å². The Balaban J connectivity index is 1.76. The molecule has 7 heteroatoms. The van der Waals surface area contributed by atoms with Crippen molar-refractivity contribution in [2.24, 2.45) is 0 Å². The van der Waals surface area contributed by atoms with Crippen LogP contribution in [0.4, 0.5) is 4.79 Å². The summed E-state index contributed by atoms with van der Waals surface area (Å²) in [5, 5.41) is 7.44. The van der Waals surface area contributed by atoms with Crippen LogP contribution < -0.4 is 10.6 Å². The number of urea groups is 1. The number of carbonyl (C=O) groups is 2. The van der Waals surface area contributed by atoms with E-state index in [4.69, 9.17) is 9.15 Å². The van der Waals surface area contributed by atoms with E-state index in [0.29, 0.717) is 12.3 Å². The third-order valence-electron chi connectivity index (χ3n) is 2.94. The van der Waals surface area contributed by atoms with E-state index in [0.717, 1.165) is 10.4 Å². The number of thiophene rings is 1. The number of carbonyl (C=O) groups excluding carboxylic acids is 2. The van der Waals surface area contributed by atoms with Crippen molar-refractivity contribution in [3.63, 3.8) is 0 Å². The lowest BCUT2D eigenvalue weighted by atomic mass is 10.3. The minimum absolute atomic E-state index is 0.133. The van der Waals surface area contributed by atoms with Crippen LogP contribution in [0.5, 0.6) is 0 Å². The summed E-state index contributed by atoms with van der Waals surface area (Å²) in [5.41, 5.74) is 1.16. The molecule has 0 bridgehead atoms. The van der Waals surface area contributed by atoms with Crippen molar-refractivity contribution in [1.29, 1.82) is 0 Å². The molecule has 118 valence electrons. The molecule has 22 heavy (non-hydrogen) atoms. The average Bonchev–Trinajstić information content (AvgIpc) is 3.12. The highest BCUT2D eigenvalue weighted by Crippen LogP contribution is 2.14. The van der Waals surface area contributed by atoms with Crippen LogP contribution in [-0.2, 0) is 17.8 Å². The van der Waals surface area contributed by atoms with Gasteiger partial charge in [0, 0.05) is 4.88 Å². The Bertz CT molecular complexity index is 648. The second-order valence-corrected chi connectivity index (χ2v) is 5.55. The summed E-state index contributed by atoms with van der Waals surface area (Å²) in [4.78, 5) is 24.3. The van der Waals surface area contributed by atoms with Gasteiger partial charge in [-0.1, -0.05) is 0 Å². The van der Waals surface area contributed by atoms with Crippen LogP contribution in [0.15, 0.2) is 28.0 Å². The third kappa shape index (κ3) is 4.36. The summed E-state index contributed by atoms with van der Waals surface area (Å²) in [6.07, 6.45) is 0. The normalized spacial score (nSPS) is 10.3. The Morgan fingerprint density at radius 3 is 2.68 bits per heavy atom. The molecule has 0 aliphatic rings. The first kappa shape index (κ1) is 16.1. The lowest BCUT2D eigenvalue weighted by Gasteiger charge is -2.06. The van der Waals surface area contributed by atoms with E-state index >= 15 is 0 Å². The van der Waals surface area contributed by atoms with E-state index in [2.05, 4.69) is 10.6 Å². The van der Waals surface area contributed by atoms with Crippen LogP contribution in [-0.4, -0.2) is 18.6 Å². The van der Waals surface area contributed by atoms with Crippen molar-refractivity contribution >= 4 is 23.3 Å². The quantitative estimate of drug-likeness (QED) is 0.801. The van der Waals surface area contributed by atoms with Crippen molar-refractivity contribution in [3.8, 4) is 0 Å². The zero-order valence-electron chi connectivity index (χ0n) is 12.5. The second kappa shape index (κ2) is 7.65. The number of ether oxygens (including phenoxy) is 1. The summed E-state index contributed by atoms with van der Waals surface area (Å²) < 4.78 is 10.1. The minimum atomic E-state index is -0.508. The Morgan fingerprint density at radius 1 is 1.23 bits per heavy atom. The molecule has 0 spiro atoms. The van der Waals surface area contributed by atoms with E-state index in [1.165, 1.54) is 6.07 Å². The average molecular weight is 322 g/mol. The molecular formula is C15H18N2O4S. The maximum Gasteiger partial charge on any atom is 0.374 e. The molecule has 2 rings (SSSR count). The highest BCUT2D eigenvalue weighted by Gasteiger charge is 2.12. The molecule has 0 saturated heterocycles. The van der Waals surface area contributed by atoms with Crippen LogP contribution in [0.2, 0.25) is 0 Å². The van der Waals surface area contributed by atoms with Gasteiger partial charge in [-0.25, -0.2) is 9.59 Å². The van der Waals surface area contributed by atoms with E-state index in [1.54, 1.807) is 24.3 Å². The summed E-state index contributed by atoms with van der Waals surface area (Å²) in [5.74, 6) is 0.116. The standard InChI is InChI=1S/C15H18N2O4S/c1-3-20-14(18)12-5-4-11(21-12)8-16-15(19)17-9-13-10(2)6-7-22-13/h4-7H,3,8-9H2,1-2H3,(H2,16,17,19). The van der Waals surface area contributed by atoms with Crippen molar-refractivity contribution in [2.45, 2.75) is 26.9 Å². The SMILES string of the molecule is CCOC(=O)c1ccc(CNC(=O)NCc2sccc2C)o1. The highest BCUT2D eigenvalue weighted by molar-refractivity contribution is 7.10. The van der Waals surface area contributed by atoms with Gasteiger partial charge in [0.25, 0.3) is 0 Å². The molecule has 0 aliphatic heterocycles. The molecule has 0 atom stereocenters. The number of rotatable bonds is 6. The first-order chi connectivity index (χ1) is 10.6. The van der Waals surface area contributed by atoms with Gasteiger partial charge < -0.3 is 19.8 Å². The maximum absolute atomic E-state index is 11.7. The summed E-state index contributed by atoms with van der Waals surface area (Å²) in [6, 6.07) is 4.89. The second-order valence-electron chi connectivity index (χ2n) is 4.55. The number of aryl methyl sites for hydroxylation is 1. The van der Waals surface area contributed by atoms with Crippen molar-refractivity contribution < 1.29 is 18.7 Å². The molecule has 2 aromatic heterocycles. The zero-order valence-corrected chi connectivity index (χ0v) is 13.3. The minimum Gasteiger partial charge on any atom is -0.460 e. The van der Waals surface area contributed by atoms with Gasteiger partial charge in [0.1, 0.15) is 5.76 Å². The van der Waals surface area contributed by atoms with Gasteiger partial charge in [-0.05, 0) is 43.0 Å². The molecule has 0 aromatic carbocycles. The van der Waals surface area contributed by atoms with Crippen LogP contribution >= 0.6 is 11.3 Å². The molecule has 0 saturated carbocycles. The van der Waals surface area contributed by atoms with Gasteiger partial charge in [0.15, 0.2) is 0 Å². The number of hydrogen-bond acceptors (Lipinski definition) is 5. The van der Waals surface area contributed by atoms with E-state index in [1.807, 2.05) is 18.4 Å². The Kier molecular flexibility index (Phi) is 5.60. The van der Waals surface area contributed by atoms with Gasteiger partial charge in [0.2, 0.25) is 5.76 Å². The largest absolute Gasteiger partial charge is 0.460 e. The molecule has 6 nitrogen and oxygen atoms in total. The summed E-state index contributed by atoms with van der Waals surface area (Å²) >= 11 is 1.60. The van der Waals surface area contributed by atoms with E-state index < -0.39 is 5.97 Å². The summed E-state index contributed by atoms with van der Waals surface area (Å²) in [6.45, 7) is 4.71. The first-order valence-corrected chi connectivity index (χ1v) is 7.78. The predicted molar refractivity (Wildman–Crippen MR) is 82.8 cm³/mol. The zero-order chi connectivity index (χ0) is 15.9. The van der Waals surface area contributed by atoms with Crippen LogP contribution in [0.25, 0.3) is 0 Å². The fourth-order valence-electron chi connectivity index (χ4n) is 1.76. The van der Waals surface area contributed by atoms with Crippen molar-refractivity contribution in [1.82, 2.24) is 10.6 Å². The molecule has 0 radical (unpaired) electrons. The Labute approximate surface area is 132 Å². The monoisotopic (exact) mass is 322 g/mol.